The number of anilines is 6. The highest BCUT2D eigenvalue weighted by molar-refractivity contribution is 6.33. The number of hydrogen-bond donors (Lipinski definition) is 0. The molecule has 0 atom stereocenters. The number of hydrogen-bond acceptors (Lipinski definition) is 2. The maximum absolute atomic E-state index is 2.56. The van der Waals surface area contributed by atoms with Crippen molar-refractivity contribution in [3.63, 3.8) is 0 Å². The van der Waals surface area contributed by atoms with E-state index >= 15 is 0 Å². The zero-order valence-electron chi connectivity index (χ0n) is 54.2. The summed E-state index contributed by atoms with van der Waals surface area (Å²) in [5.41, 5.74) is 20.3. The Kier molecular flexibility index (Phi) is 15.6. The predicted molar refractivity (Wildman–Crippen MR) is 392 cm³/mol. The van der Waals surface area contributed by atoms with E-state index in [1.165, 1.54) is 82.0 Å². The Balaban J connectivity index is 0.729. The van der Waals surface area contributed by atoms with E-state index in [4.69, 9.17) is 0 Å². The molecule has 0 aliphatic carbocycles. The minimum Gasteiger partial charge on any atom is -0.311 e. The molecule has 13 aromatic rings. The molecule has 0 radical (unpaired) electrons. The van der Waals surface area contributed by atoms with Gasteiger partial charge in [-0.25, -0.2) is 0 Å². The van der Waals surface area contributed by atoms with Gasteiger partial charge in [0.15, 0.2) is 0 Å². The molecule has 0 saturated heterocycles. The number of para-hydroxylation sites is 3. The van der Waals surface area contributed by atoms with Crippen LogP contribution in [0.25, 0.3) is 78.5 Å². The van der Waals surface area contributed by atoms with Gasteiger partial charge >= 0.3 is 0 Å². The van der Waals surface area contributed by atoms with Crippen molar-refractivity contribution >= 4 is 102 Å². The van der Waals surface area contributed by atoms with Crippen molar-refractivity contribution in [1.29, 1.82) is 0 Å². The first-order valence-corrected chi connectivity index (χ1v) is 32.1. The molecule has 90 heavy (non-hydrogen) atoms. The molecule has 2 heteroatoms. The minimum atomic E-state index is -0.194. The van der Waals surface area contributed by atoms with Crippen LogP contribution in [0.5, 0.6) is 0 Å². The van der Waals surface area contributed by atoms with Crippen molar-refractivity contribution in [3.05, 3.63) is 311 Å². The fourth-order valence-electron chi connectivity index (χ4n) is 13.0. The Hall–Kier alpha value is -9.76. The van der Waals surface area contributed by atoms with Crippen LogP contribution in [0, 0.1) is 0 Å². The lowest BCUT2D eigenvalue weighted by atomic mass is 9.75. The average molecular weight is 1170 g/mol. The van der Waals surface area contributed by atoms with E-state index in [1.807, 2.05) is 0 Å². The van der Waals surface area contributed by atoms with Crippen LogP contribution in [-0.4, -0.2) is 0 Å². The molecule has 0 N–H and O–H groups in total. The number of nitrogens with zero attached hydrogens (tertiary/aromatic N) is 2. The van der Waals surface area contributed by atoms with Gasteiger partial charge in [-0.15, -0.1) is 0 Å². The van der Waals surface area contributed by atoms with Crippen LogP contribution < -0.4 is 9.80 Å². The largest absolute Gasteiger partial charge is 0.311 e. The van der Waals surface area contributed by atoms with Crippen molar-refractivity contribution in [2.45, 2.75) is 104 Å². The standard InChI is InChI=1S/C88H82N2/c1-85(2,3)69-51-67-52-70(86(4,5)6)57-81-82-58-72(54-68-53-71(87(7,8)9)56-80(84(68)82)79(55-69)83(67)81)88(10,11)59-64-22-21-29-78(50-64)90(75-27-19-14-20-28-75)77-48-40-63(41-49-77)33-31-61-36-44-66(45-37-61)65-42-34-60(35-43-65)30-32-62-38-46-76(47-39-62)89(73-23-15-12-16-24-73)74-25-17-13-18-26-74/h12-58H,59H2,1-11H3/b32-30+,33-31+. The maximum atomic E-state index is 2.56. The smallest absolute Gasteiger partial charge is 0.0464 e. The zero-order chi connectivity index (χ0) is 62.5. The summed E-state index contributed by atoms with van der Waals surface area (Å²) in [6, 6.07) is 96.5. The molecule has 13 rings (SSSR count). The Morgan fingerprint density at radius 2 is 0.556 bits per heavy atom. The van der Waals surface area contributed by atoms with E-state index in [9.17, 15) is 0 Å². The average Bonchev–Trinajstić information content (AvgIpc) is 0.708. The number of rotatable bonds is 14. The molecular formula is C88H82N2. The summed E-state index contributed by atoms with van der Waals surface area (Å²) in [4.78, 5) is 4.68. The number of benzene rings is 13. The number of fused-ring (bicyclic) bond motifs is 2. The second kappa shape index (κ2) is 23.6. The van der Waals surface area contributed by atoms with Crippen molar-refractivity contribution in [1.82, 2.24) is 0 Å². The quantitative estimate of drug-likeness (QED) is 0.0608. The van der Waals surface area contributed by atoms with Crippen LogP contribution in [0.15, 0.2) is 261 Å². The SMILES string of the molecule is CC(C)(C)c1cc2cc(C(C)(C)C)cc3c4cc(C(C)(C)Cc5cccc(N(c6ccccc6)c6ccc(/C=C/c7ccc(-c8ccc(/C=C/c9ccc(N(c%10ccccc%10)c%10ccccc%10)cc9)cc8)cc7)cc6)c5)cc5cc(C(C)(C)C)cc(c(c1)c23)c54. The molecule has 2 nitrogen and oxygen atoms in total. The summed E-state index contributed by atoms with van der Waals surface area (Å²) in [6.07, 6.45) is 9.66. The summed E-state index contributed by atoms with van der Waals surface area (Å²) in [5, 5.41) is 10.9. The zero-order valence-corrected chi connectivity index (χ0v) is 54.2. The first kappa shape index (κ1) is 59.2. The van der Waals surface area contributed by atoms with E-state index in [0.717, 1.165) is 62.8 Å². The second-order valence-electron chi connectivity index (χ2n) is 28.5. The summed E-state index contributed by atoms with van der Waals surface area (Å²) in [5.74, 6) is 0. The third-order valence-electron chi connectivity index (χ3n) is 18.3. The van der Waals surface area contributed by atoms with Crippen LogP contribution in [0.1, 0.15) is 126 Å². The second-order valence-corrected chi connectivity index (χ2v) is 28.5. The lowest BCUT2D eigenvalue weighted by Crippen LogP contribution is -2.21. The summed E-state index contributed by atoms with van der Waals surface area (Å²) in [6.45, 7) is 26.1. The molecule has 0 bridgehead atoms. The Morgan fingerprint density at radius 3 is 0.900 bits per heavy atom. The van der Waals surface area contributed by atoms with Crippen molar-refractivity contribution in [2.24, 2.45) is 0 Å². The van der Waals surface area contributed by atoms with Gasteiger partial charge in [0.1, 0.15) is 0 Å². The molecule has 0 fully saturated rings. The van der Waals surface area contributed by atoms with Gasteiger partial charge in [-0.2, -0.15) is 0 Å². The molecule has 0 aliphatic rings. The van der Waals surface area contributed by atoms with Gasteiger partial charge < -0.3 is 9.80 Å². The fraction of sp³-hybridized carbons (Fsp3) is 0.182. The van der Waals surface area contributed by atoms with Gasteiger partial charge in [0.25, 0.3) is 0 Å². The highest BCUT2D eigenvalue weighted by Gasteiger charge is 2.28. The van der Waals surface area contributed by atoms with Crippen molar-refractivity contribution in [2.75, 3.05) is 9.80 Å². The van der Waals surface area contributed by atoms with Gasteiger partial charge in [-0.3, -0.25) is 0 Å². The van der Waals surface area contributed by atoms with E-state index in [2.05, 4.69) is 371 Å². The van der Waals surface area contributed by atoms with Crippen LogP contribution in [0.4, 0.5) is 34.1 Å². The monoisotopic (exact) mass is 1170 g/mol. The van der Waals surface area contributed by atoms with Gasteiger partial charge in [-0.05, 0) is 229 Å². The highest BCUT2D eigenvalue weighted by Crippen LogP contribution is 2.48. The van der Waals surface area contributed by atoms with Crippen LogP contribution in [0.3, 0.4) is 0 Å². The van der Waals surface area contributed by atoms with Crippen molar-refractivity contribution < 1.29 is 0 Å². The molecule has 0 saturated carbocycles. The predicted octanol–water partition coefficient (Wildman–Crippen LogP) is 25.1. The normalized spacial score (nSPS) is 12.6. The van der Waals surface area contributed by atoms with E-state index < -0.39 is 0 Å². The first-order valence-electron chi connectivity index (χ1n) is 32.1. The molecule has 13 aromatic carbocycles. The lowest BCUT2D eigenvalue weighted by molar-refractivity contribution is 0.523. The fourth-order valence-corrected chi connectivity index (χ4v) is 13.0. The van der Waals surface area contributed by atoms with Crippen molar-refractivity contribution in [3.8, 4) is 11.1 Å². The molecule has 444 valence electrons. The minimum absolute atomic E-state index is 0.00889. The molecule has 0 unspecified atom stereocenters. The van der Waals surface area contributed by atoms with Crippen LogP contribution >= 0.6 is 0 Å². The maximum Gasteiger partial charge on any atom is 0.0464 e. The van der Waals surface area contributed by atoms with Crippen LogP contribution in [0.2, 0.25) is 0 Å². The molecular weight excluding hydrogens is 1080 g/mol. The van der Waals surface area contributed by atoms with Gasteiger partial charge in [0, 0.05) is 34.1 Å². The van der Waals surface area contributed by atoms with Crippen LogP contribution in [-0.2, 0) is 28.1 Å². The third-order valence-corrected chi connectivity index (χ3v) is 18.3. The highest BCUT2D eigenvalue weighted by atomic mass is 15.1. The van der Waals surface area contributed by atoms with Gasteiger partial charge in [-0.1, -0.05) is 264 Å². The summed E-state index contributed by atoms with van der Waals surface area (Å²) >= 11 is 0. The Bertz CT molecular complexity index is 4700. The first-order chi connectivity index (χ1) is 43.2. The topological polar surface area (TPSA) is 6.48 Å². The summed E-state index contributed by atoms with van der Waals surface area (Å²) < 4.78 is 0. The van der Waals surface area contributed by atoms with E-state index in [1.54, 1.807) is 0 Å². The molecule has 0 heterocycles. The molecule has 0 spiro atoms. The summed E-state index contributed by atoms with van der Waals surface area (Å²) in [7, 11) is 0. The van der Waals surface area contributed by atoms with Gasteiger partial charge in [0.2, 0.25) is 0 Å². The molecule has 0 aliphatic heterocycles. The Morgan fingerprint density at radius 1 is 0.267 bits per heavy atom. The Labute approximate surface area is 534 Å². The lowest BCUT2D eigenvalue weighted by Gasteiger charge is -2.30. The third kappa shape index (κ3) is 12.2. The van der Waals surface area contributed by atoms with E-state index in [-0.39, 0.29) is 21.7 Å². The molecule has 0 aromatic heterocycles. The van der Waals surface area contributed by atoms with Gasteiger partial charge in [0.05, 0.1) is 0 Å². The molecule has 0 amide bonds. The van der Waals surface area contributed by atoms with E-state index in [0.29, 0.717) is 0 Å².